The normalized spacial score (nSPS) is 13.9. The third kappa shape index (κ3) is 6.18. The van der Waals surface area contributed by atoms with Crippen molar-refractivity contribution in [2.24, 2.45) is 0 Å². The average molecular weight is 413 g/mol. The first-order chi connectivity index (χ1) is 14.3. The topological polar surface area (TPSA) is 23.5 Å². The van der Waals surface area contributed by atoms with Crippen molar-refractivity contribution in [1.29, 1.82) is 0 Å². The number of benzene rings is 3. The SMILES string of the molecule is C[C@H](O)[C@H](Cc1ccc(C(F)(F)F)cc1)N(Cc1ccccc1)Cc1ccccc1. The second-order valence-corrected chi connectivity index (χ2v) is 7.58. The Bertz CT molecular complexity index is 852. The lowest BCUT2D eigenvalue weighted by molar-refractivity contribution is -0.137. The molecule has 0 aliphatic carbocycles. The zero-order chi connectivity index (χ0) is 21.6. The molecule has 0 aliphatic rings. The smallest absolute Gasteiger partial charge is 0.392 e. The summed E-state index contributed by atoms with van der Waals surface area (Å²) in [4.78, 5) is 2.19. The number of aliphatic hydroxyl groups excluding tert-OH is 1. The number of aliphatic hydroxyl groups is 1. The molecule has 3 aromatic rings. The van der Waals surface area contributed by atoms with Gasteiger partial charge in [-0.15, -0.1) is 0 Å². The van der Waals surface area contributed by atoms with E-state index in [0.717, 1.165) is 28.8 Å². The molecule has 0 saturated carbocycles. The van der Waals surface area contributed by atoms with Crippen LogP contribution < -0.4 is 0 Å². The van der Waals surface area contributed by atoms with Crippen LogP contribution in [-0.4, -0.2) is 22.2 Å². The van der Waals surface area contributed by atoms with Gasteiger partial charge in [-0.1, -0.05) is 72.8 Å². The molecular formula is C25H26F3NO. The molecule has 0 radical (unpaired) electrons. The van der Waals surface area contributed by atoms with Gasteiger partial charge in [-0.05, 0) is 42.2 Å². The zero-order valence-corrected chi connectivity index (χ0v) is 16.9. The fourth-order valence-corrected chi connectivity index (χ4v) is 3.60. The van der Waals surface area contributed by atoms with E-state index in [1.807, 2.05) is 60.7 Å². The molecule has 2 nitrogen and oxygen atoms in total. The molecule has 3 rings (SSSR count). The molecule has 3 aromatic carbocycles. The molecular weight excluding hydrogens is 387 g/mol. The quantitative estimate of drug-likeness (QED) is 0.512. The standard InChI is InChI=1S/C25H26F3NO/c1-19(30)24(16-20-12-14-23(15-13-20)25(26,27)28)29(17-21-8-4-2-5-9-21)18-22-10-6-3-7-11-22/h2-15,19,24,30H,16-18H2,1H3/t19-,24-/m0/s1. The first-order valence-corrected chi connectivity index (χ1v) is 9.99. The van der Waals surface area contributed by atoms with Crippen LogP contribution in [0.25, 0.3) is 0 Å². The Morgan fingerprint density at radius 1 is 0.733 bits per heavy atom. The van der Waals surface area contributed by atoms with Crippen LogP contribution in [0, 0.1) is 0 Å². The van der Waals surface area contributed by atoms with E-state index in [-0.39, 0.29) is 6.04 Å². The molecule has 0 spiro atoms. The van der Waals surface area contributed by atoms with Gasteiger partial charge in [-0.2, -0.15) is 13.2 Å². The van der Waals surface area contributed by atoms with Gasteiger partial charge in [0.05, 0.1) is 11.7 Å². The predicted octanol–water partition coefficient (Wildman–Crippen LogP) is 5.70. The number of rotatable bonds is 8. The Kier molecular flexibility index (Phi) is 7.29. The van der Waals surface area contributed by atoms with Crippen LogP contribution in [0.5, 0.6) is 0 Å². The summed E-state index contributed by atoms with van der Waals surface area (Å²) in [5, 5.41) is 10.6. The summed E-state index contributed by atoms with van der Waals surface area (Å²) in [6.45, 7) is 3.00. The highest BCUT2D eigenvalue weighted by atomic mass is 19.4. The second kappa shape index (κ2) is 9.92. The van der Waals surface area contributed by atoms with Crippen LogP contribution in [0.1, 0.15) is 29.2 Å². The molecule has 30 heavy (non-hydrogen) atoms. The van der Waals surface area contributed by atoms with E-state index in [2.05, 4.69) is 4.90 Å². The highest BCUT2D eigenvalue weighted by Crippen LogP contribution is 2.29. The maximum Gasteiger partial charge on any atom is 0.416 e. The maximum absolute atomic E-state index is 12.9. The zero-order valence-electron chi connectivity index (χ0n) is 16.9. The third-order valence-corrected chi connectivity index (χ3v) is 5.21. The van der Waals surface area contributed by atoms with Gasteiger partial charge in [0.15, 0.2) is 0 Å². The summed E-state index contributed by atoms with van der Waals surface area (Å²) in [6, 6.07) is 24.9. The van der Waals surface area contributed by atoms with Gasteiger partial charge in [0.25, 0.3) is 0 Å². The van der Waals surface area contributed by atoms with Crippen molar-refractivity contribution in [3.63, 3.8) is 0 Å². The van der Waals surface area contributed by atoms with Crippen molar-refractivity contribution >= 4 is 0 Å². The van der Waals surface area contributed by atoms with Gasteiger partial charge in [0, 0.05) is 19.1 Å². The number of nitrogens with zero attached hydrogens (tertiary/aromatic N) is 1. The minimum absolute atomic E-state index is 0.248. The lowest BCUT2D eigenvalue weighted by Crippen LogP contribution is -2.43. The van der Waals surface area contributed by atoms with E-state index in [1.165, 1.54) is 12.1 Å². The summed E-state index contributed by atoms with van der Waals surface area (Å²) >= 11 is 0. The summed E-state index contributed by atoms with van der Waals surface area (Å²) in [5.41, 5.74) is 2.34. The number of alkyl halides is 3. The van der Waals surface area contributed by atoms with Crippen molar-refractivity contribution in [3.8, 4) is 0 Å². The van der Waals surface area contributed by atoms with E-state index in [0.29, 0.717) is 19.5 Å². The number of hydrogen-bond acceptors (Lipinski definition) is 2. The molecule has 0 amide bonds. The van der Waals surface area contributed by atoms with Gasteiger partial charge < -0.3 is 5.11 Å². The number of hydrogen-bond donors (Lipinski definition) is 1. The van der Waals surface area contributed by atoms with Gasteiger partial charge >= 0.3 is 6.18 Å². The predicted molar refractivity (Wildman–Crippen MR) is 113 cm³/mol. The van der Waals surface area contributed by atoms with Crippen molar-refractivity contribution in [1.82, 2.24) is 4.90 Å². The minimum atomic E-state index is -4.35. The molecule has 0 heterocycles. The van der Waals surface area contributed by atoms with Crippen LogP contribution in [0.2, 0.25) is 0 Å². The lowest BCUT2D eigenvalue weighted by Gasteiger charge is -2.34. The molecule has 0 bridgehead atoms. The lowest BCUT2D eigenvalue weighted by atomic mass is 9.98. The highest BCUT2D eigenvalue weighted by molar-refractivity contribution is 5.26. The van der Waals surface area contributed by atoms with Gasteiger partial charge in [0.2, 0.25) is 0 Å². The third-order valence-electron chi connectivity index (χ3n) is 5.21. The summed E-state index contributed by atoms with van der Waals surface area (Å²) in [7, 11) is 0. The molecule has 5 heteroatoms. The molecule has 0 fully saturated rings. The van der Waals surface area contributed by atoms with Gasteiger partial charge in [-0.25, -0.2) is 0 Å². The van der Waals surface area contributed by atoms with Crippen molar-refractivity contribution < 1.29 is 18.3 Å². The summed E-state index contributed by atoms with van der Waals surface area (Å²) in [5.74, 6) is 0. The molecule has 0 aliphatic heterocycles. The summed E-state index contributed by atoms with van der Waals surface area (Å²) < 4.78 is 38.6. The molecule has 0 aromatic heterocycles. The Morgan fingerprint density at radius 3 is 1.60 bits per heavy atom. The molecule has 2 atom stereocenters. The van der Waals surface area contributed by atoms with E-state index in [1.54, 1.807) is 6.92 Å². The monoisotopic (exact) mass is 413 g/mol. The molecule has 158 valence electrons. The van der Waals surface area contributed by atoms with Crippen molar-refractivity contribution in [2.45, 2.75) is 44.8 Å². The summed E-state index contributed by atoms with van der Waals surface area (Å²) in [6.07, 6.45) is -4.55. The Balaban J connectivity index is 1.84. The average Bonchev–Trinajstić information content (AvgIpc) is 2.72. The second-order valence-electron chi connectivity index (χ2n) is 7.58. The Labute approximate surface area is 175 Å². The fraction of sp³-hybridized carbons (Fsp3) is 0.280. The van der Waals surface area contributed by atoms with Crippen LogP contribution in [-0.2, 0) is 25.7 Å². The highest BCUT2D eigenvalue weighted by Gasteiger charge is 2.30. The first-order valence-electron chi connectivity index (χ1n) is 9.99. The van der Waals surface area contributed by atoms with Crippen LogP contribution >= 0.6 is 0 Å². The number of halogens is 3. The fourth-order valence-electron chi connectivity index (χ4n) is 3.60. The van der Waals surface area contributed by atoms with E-state index in [9.17, 15) is 18.3 Å². The van der Waals surface area contributed by atoms with Crippen molar-refractivity contribution in [2.75, 3.05) is 0 Å². The Hall–Kier alpha value is -2.63. The largest absolute Gasteiger partial charge is 0.416 e. The van der Waals surface area contributed by atoms with Crippen LogP contribution in [0.4, 0.5) is 13.2 Å². The molecule has 0 saturated heterocycles. The molecule has 1 N–H and O–H groups in total. The Morgan fingerprint density at radius 2 is 1.20 bits per heavy atom. The van der Waals surface area contributed by atoms with Crippen molar-refractivity contribution in [3.05, 3.63) is 107 Å². The molecule has 0 unspecified atom stereocenters. The van der Waals surface area contributed by atoms with E-state index in [4.69, 9.17) is 0 Å². The van der Waals surface area contributed by atoms with Gasteiger partial charge in [-0.3, -0.25) is 4.90 Å². The van der Waals surface area contributed by atoms with E-state index < -0.39 is 17.8 Å². The van der Waals surface area contributed by atoms with Crippen LogP contribution in [0.3, 0.4) is 0 Å². The van der Waals surface area contributed by atoms with Gasteiger partial charge in [0.1, 0.15) is 0 Å². The van der Waals surface area contributed by atoms with Crippen LogP contribution in [0.15, 0.2) is 84.9 Å². The maximum atomic E-state index is 12.9. The minimum Gasteiger partial charge on any atom is -0.392 e. The van der Waals surface area contributed by atoms with E-state index >= 15 is 0 Å². The first kappa shape index (κ1) is 22.1.